The summed E-state index contributed by atoms with van der Waals surface area (Å²) in [5.41, 5.74) is 5.25. The van der Waals surface area contributed by atoms with Gasteiger partial charge in [-0.05, 0) is 12.8 Å². The number of nitrogens with zero attached hydrogens (tertiary/aromatic N) is 2. The maximum absolute atomic E-state index is 12.0. The van der Waals surface area contributed by atoms with Crippen molar-refractivity contribution in [3.05, 3.63) is 0 Å². The Morgan fingerprint density at radius 1 is 1.43 bits per heavy atom. The Balaban J connectivity index is 2.01. The van der Waals surface area contributed by atoms with Gasteiger partial charge in [0.2, 0.25) is 0 Å². The Kier molecular flexibility index (Phi) is 4.78. The molecule has 3 N–H and O–H groups in total. The van der Waals surface area contributed by atoms with Gasteiger partial charge in [0.05, 0.1) is 18.7 Å². The van der Waals surface area contributed by atoms with Gasteiger partial charge in [-0.1, -0.05) is 0 Å². The number of urea groups is 1. The number of amides is 2. The maximum atomic E-state index is 12.0. The average molecular weight is 323 g/mol. The van der Waals surface area contributed by atoms with Gasteiger partial charge in [0.15, 0.2) is 5.78 Å². The number of carbonyl (C=O) groups excluding carboxylic acids is 2. The van der Waals surface area contributed by atoms with Crippen LogP contribution in [0.3, 0.4) is 0 Å². The molecule has 0 aliphatic carbocycles. The molecule has 2 rings (SSSR count). The fourth-order valence-corrected chi connectivity index (χ4v) is 2.91. The molecule has 0 unspecified atom stereocenters. The highest BCUT2D eigenvalue weighted by molar-refractivity contribution is 7.80. The van der Waals surface area contributed by atoms with Crippen LogP contribution in [0.2, 0.25) is 0 Å². The molecule has 2 aliphatic heterocycles. The number of ketones is 1. The van der Waals surface area contributed by atoms with Crippen molar-refractivity contribution in [1.82, 2.24) is 9.96 Å². The second-order valence-corrected chi connectivity index (χ2v) is 5.82. The van der Waals surface area contributed by atoms with Crippen LogP contribution in [0, 0.1) is 0 Å². The Bertz CT molecular complexity index is 523. The number of fused-ring (bicyclic) bond motifs is 2. The van der Waals surface area contributed by atoms with Crippen molar-refractivity contribution in [1.29, 1.82) is 0 Å². The van der Waals surface area contributed by atoms with Crippen molar-refractivity contribution < 1.29 is 31.6 Å². The third kappa shape index (κ3) is 3.68. The number of hydrogen-bond donors (Lipinski definition) is 2. The Hall–Kier alpha value is -1.27. The normalized spacial score (nSPS) is 25.5. The summed E-state index contributed by atoms with van der Waals surface area (Å²) in [7, 11) is -4.78. The van der Waals surface area contributed by atoms with E-state index in [-0.39, 0.29) is 25.5 Å². The molecule has 10 nitrogen and oxygen atoms in total. The second-order valence-electron chi connectivity index (χ2n) is 4.82. The standard InChI is InChI=1S/C10H17N3O7S/c11-3-4-19-6-9(14)8-2-1-7-5-12(8)10(15)13(7)20-21(16,17)18/h7-8H,1-6,11H2,(H,16,17,18)/t7-,8+/m1/s1. The van der Waals surface area contributed by atoms with E-state index in [1.165, 1.54) is 4.90 Å². The predicted molar refractivity (Wildman–Crippen MR) is 68.3 cm³/mol. The summed E-state index contributed by atoms with van der Waals surface area (Å²) in [6.07, 6.45) is 0.775. The minimum Gasteiger partial charge on any atom is -0.372 e. The zero-order valence-corrected chi connectivity index (χ0v) is 12.0. The van der Waals surface area contributed by atoms with Crippen molar-refractivity contribution in [2.45, 2.75) is 24.9 Å². The van der Waals surface area contributed by atoms with Gasteiger partial charge >= 0.3 is 16.4 Å². The lowest BCUT2D eigenvalue weighted by molar-refractivity contribution is -0.128. The fraction of sp³-hybridized carbons (Fsp3) is 0.800. The highest BCUT2D eigenvalue weighted by Crippen LogP contribution is 2.30. The van der Waals surface area contributed by atoms with Gasteiger partial charge in [0.25, 0.3) is 0 Å². The summed E-state index contributed by atoms with van der Waals surface area (Å²) in [5.74, 6) is -0.274. The highest BCUT2D eigenvalue weighted by atomic mass is 32.3. The van der Waals surface area contributed by atoms with Gasteiger partial charge in [-0.3, -0.25) is 9.35 Å². The van der Waals surface area contributed by atoms with Crippen LogP contribution < -0.4 is 5.73 Å². The Morgan fingerprint density at radius 2 is 2.14 bits per heavy atom. The van der Waals surface area contributed by atoms with Gasteiger partial charge in [-0.2, -0.15) is 13.5 Å². The fourth-order valence-electron chi connectivity index (χ4n) is 2.52. The molecule has 2 aliphatic rings. The van der Waals surface area contributed by atoms with Gasteiger partial charge < -0.3 is 15.4 Å². The predicted octanol–water partition coefficient (Wildman–Crippen LogP) is -1.47. The van der Waals surface area contributed by atoms with Crippen LogP contribution in [0.4, 0.5) is 4.79 Å². The third-order valence-corrected chi connectivity index (χ3v) is 3.72. The summed E-state index contributed by atoms with van der Waals surface area (Å²) >= 11 is 0. The molecule has 2 atom stereocenters. The Labute approximate surface area is 121 Å². The number of piperidine rings is 1. The summed E-state index contributed by atoms with van der Waals surface area (Å²) in [5, 5.41) is 0.601. The van der Waals surface area contributed by atoms with Crippen LogP contribution in [0.25, 0.3) is 0 Å². The lowest BCUT2D eigenvalue weighted by atomic mass is 9.98. The quantitative estimate of drug-likeness (QED) is 0.428. The first kappa shape index (κ1) is 16.1. The van der Waals surface area contributed by atoms with E-state index in [1.54, 1.807) is 0 Å². The smallest absolute Gasteiger partial charge is 0.372 e. The molecule has 2 heterocycles. The third-order valence-electron chi connectivity index (χ3n) is 3.38. The summed E-state index contributed by atoms with van der Waals surface area (Å²) in [4.78, 5) is 25.3. The number of hydrogen-bond acceptors (Lipinski definition) is 7. The summed E-state index contributed by atoms with van der Waals surface area (Å²) in [6, 6.07) is -1.94. The number of Topliss-reactive ketones (excluding diaryl/α,β-unsaturated/α-hetero) is 1. The molecular formula is C10H17N3O7S. The SMILES string of the molecule is NCCOCC(=O)[C@@H]1CC[C@@H]2CN1C(=O)N2OS(=O)(=O)O. The van der Waals surface area contributed by atoms with Gasteiger partial charge in [0.1, 0.15) is 6.61 Å². The Morgan fingerprint density at radius 3 is 2.76 bits per heavy atom. The van der Waals surface area contributed by atoms with E-state index in [0.717, 1.165) is 0 Å². The van der Waals surface area contributed by atoms with Crippen molar-refractivity contribution in [3.63, 3.8) is 0 Å². The summed E-state index contributed by atoms with van der Waals surface area (Å²) in [6.45, 7) is 0.544. The lowest BCUT2D eigenvalue weighted by Gasteiger charge is -2.29. The summed E-state index contributed by atoms with van der Waals surface area (Å²) < 4.78 is 39.5. The molecule has 2 amide bonds. The van der Waals surface area contributed by atoms with E-state index in [1.807, 2.05) is 0 Å². The van der Waals surface area contributed by atoms with E-state index in [9.17, 15) is 18.0 Å². The number of ether oxygens (including phenoxy) is 1. The van der Waals surface area contributed by atoms with Gasteiger partial charge in [-0.15, -0.1) is 4.28 Å². The van der Waals surface area contributed by atoms with Crippen molar-refractivity contribution >= 4 is 22.2 Å². The van der Waals surface area contributed by atoms with E-state index in [0.29, 0.717) is 24.4 Å². The van der Waals surface area contributed by atoms with Crippen LogP contribution in [0.5, 0.6) is 0 Å². The topological polar surface area (TPSA) is 139 Å². The first-order valence-electron chi connectivity index (χ1n) is 6.41. The van der Waals surface area contributed by atoms with Crippen LogP contribution in [-0.4, -0.2) is 73.1 Å². The zero-order valence-electron chi connectivity index (χ0n) is 11.2. The number of hydroxylamine groups is 2. The molecule has 0 aromatic carbocycles. The van der Waals surface area contributed by atoms with Crippen LogP contribution >= 0.6 is 0 Å². The zero-order chi connectivity index (χ0) is 15.6. The van der Waals surface area contributed by atoms with E-state index in [2.05, 4.69) is 4.28 Å². The van der Waals surface area contributed by atoms with Crippen molar-refractivity contribution in [3.8, 4) is 0 Å². The van der Waals surface area contributed by atoms with E-state index >= 15 is 0 Å². The molecule has 0 saturated carbocycles. The largest absolute Gasteiger partial charge is 0.418 e. The first-order chi connectivity index (χ1) is 9.83. The molecule has 2 fully saturated rings. The molecule has 0 radical (unpaired) electrons. The first-order valence-corrected chi connectivity index (χ1v) is 7.77. The minimum absolute atomic E-state index is 0.157. The molecule has 21 heavy (non-hydrogen) atoms. The molecule has 0 aromatic rings. The number of nitrogens with two attached hydrogens (primary N) is 1. The molecule has 0 aromatic heterocycles. The van der Waals surface area contributed by atoms with Crippen LogP contribution in [0.1, 0.15) is 12.8 Å². The molecule has 0 spiro atoms. The van der Waals surface area contributed by atoms with Crippen LogP contribution in [-0.2, 0) is 24.2 Å². The molecule has 120 valence electrons. The molecule has 11 heteroatoms. The van der Waals surface area contributed by atoms with Crippen molar-refractivity contribution in [2.24, 2.45) is 5.73 Å². The number of carbonyl (C=O) groups is 2. The van der Waals surface area contributed by atoms with Crippen molar-refractivity contribution in [2.75, 3.05) is 26.3 Å². The van der Waals surface area contributed by atoms with Gasteiger partial charge in [0, 0.05) is 13.1 Å². The average Bonchev–Trinajstić information content (AvgIpc) is 2.63. The molecule has 2 bridgehead atoms. The highest BCUT2D eigenvalue weighted by Gasteiger charge is 2.49. The van der Waals surface area contributed by atoms with Crippen LogP contribution in [0.15, 0.2) is 0 Å². The maximum Gasteiger partial charge on any atom is 0.418 e. The van der Waals surface area contributed by atoms with E-state index in [4.69, 9.17) is 15.0 Å². The van der Waals surface area contributed by atoms with E-state index < -0.39 is 28.5 Å². The second kappa shape index (κ2) is 6.23. The molecular weight excluding hydrogens is 306 g/mol. The lowest BCUT2D eigenvalue weighted by Crippen LogP contribution is -2.46. The molecule has 2 saturated heterocycles. The monoisotopic (exact) mass is 323 g/mol. The number of rotatable bonds is 7. The minimum atomic E-state index is -4.78. The van der Waals surface area contributed by atoms with Gasteiger partial charge in [-0.25, -0.2) is 4.79 Å².